The molecule has 92 valence electrons. The quantitative estimate of drug-likeness (QED) is 0.781. The van der Waals surface area contributed by atoms with Crippen LogP contribution in [0.25, 0.3) is 0 Å². The Bertz CT molecular complexity index is 370. The molecule has 3 atom stereocenters. The van der Waals surface area contributed by atoms with E-state index in [1.807, 2.05) is 12.1 Å². The summed E-state index contributed by atoms with van der Waals surface area (Å²) >= 11 is 0. The van der Waals surface area contributed by atoms with Gasteiger partial charge in [0.1, 0.15) is 0 Å². The van der Waals surface area contributed by atoms with Crippen molar-refractivity contribution in [3.05, 3.63) is 48.6 Å². The van der Waals surface area contributed by atoms with Gasteiger partial charge >= 0.3 is 0 Å². The summed E-state index contributed by atoms with van der Waals surface area (Å²) in [4.78, 5) is 0. The van der Waals surface area contributed by atoms with E-state index in [2.05, 4.69) is 37.8 Å². The van der Waals surface area contributed by atoms with E-state index in [1.165, 1.54) is 12.0 Å². The second kappa shape index (κ2) is 5.05. The fourth-order valence-corrected chi connectivity index (χ4v) is 2.93. The van der Waals surface area contributed by atoms with Crippen LogP contribution in [0, 0.1) is 5.92 Å². The predicted molar refractivity (Wildman–Crippen MR) is 72.0 cm³/mol. The predicted octanol–water partition coefficient (Wildman–Crippen LogP) is 3.90. The SMILES string of the molecule is C=CC(C)[C@]1(O)CCC[C@H](c2ccccc2)C1. The molecule has 17 heavy (non-hydrogen) atoms. The average molecular weight is 230 g/mol. The van der Waals surface area contributed by atoms with Crippen molar-refractivity contribution in [3.63, 3.8) is 0 Å². The van der Waals surface area contributed by atoms with Crippen LogP contribution in [0.5, 0.6) is 0 Å². The zero-order chi connectivity index (χ0) is 12.3. The maximum absolute atomic E-state index is 10.7. The Morgan fingerprint density at radius 2 is 2.12 bits per heavy atom. The molecular formula is C16H22O. The first-order valence-corrected chi connectivity index (χ1v) is 6.55. The lowest BCUT2D eigenvalue weighted by Crippen LogP contribution is -2.39. The molecule has 0 radical (unpaired) electrons. The van der Waals surface area contributed by atoms with Crippen molar-refractivity contribution in [2.45, 2.75) is 44.1 Å². The van der Waals surface area contributed by atoms with Gasteiger partial charge in [-0.1, -0.05) is 43.3 Å². The molecule has 2 rings (SSSR count). The van der Waals surface area contributed by atoms with Gasteiger partial charge in [-0.25, -0.2) is 0 Å². The molecule has 1 aliphatic carbocycles. The topological polar surface area (TPSA) is 20.2 Å². The van der Waals surface area contributed by atoms with Gasteiger partial charge in [-0.3, -0.25) is 0 Å². The van der Waals surface area contributed by atoms with Crippen LogP contribution in [0.4, 0.5) is 0 Å². The first-order chi connectivity index (χ1) is 8.15. The summed E-state index contributed by atoms with van der Waals surface area (Å²) in [6.45, 7) is 5.89. The number of hydrogen-bond acceptors (Lipinski definition) is 1. The third kappa shape index (κ3) is 2.61. The third-order valence-corrected chi connectivity index (χ3v) is 4.23. The van der Waals surface area contributed by atoms with Crippen molar-refractivity contribution in [3.8, 4) is 0 Å². The highest BCUT2D eigenvalue weighted by Crippen LogP contribution is 2.42. The molecule has 0 heterocycles. The van der Waals surface area contributed by atoms with Crippen molar-refractivity contribution in [2.24, 2.45) is 5.92 Å². The minimum atomic E-state index is -0.555. The second-order valence-electron chi connectivity index (χ2n) is 5.33. The second-order valence-corrected chi connectivity index (χ2v) is 5.33. The van der Waals surface area contributed by atoms with Crippen molar-refractivity contribution in [1.82, 2.24) is 0 Å². The van der Waals surface area contributed by atoms with Gasteiger partial charge in [-0.05, 0) is 37.2 Å². The van der Waals surface area contributed by atoms with Crippen LogP contribution in [0.3, 0.4) is 0 Å². The van der Waals surface area contributed by atoms with Gasteiger partial charge in [0.2, 0.25) is 0 Å². The Hall–Kier alpha value is -1.08. The van der Waals surface area contributed by atoms with Crippen molar-refractivity contribution in [2.75, 3.05) is 0 Å². The smallest absolute Gasteiger partial charge is 0.0713 e. The maximum atomic E-state index is 10.7. The lowest BCUT2D eigenvalue weighted by atomic mass is 9.70. The lowest BCUT2D eigenvalue weighted by Gasteiger charge is -2.40. The summed E-state index contributed by atoms with van der Waals surface area (Å²) in [7, 11) is 0. The van der Waals surface area contributed by atoms with Gasteiger partial charge in [-0.15, -0.1) is 6.58 Å². The van der Waals surface area contributed by atoms with Crippen LogP contribution >= 0.6 is 0 Å². The van der Waals surface area contributed by atoms with Crippen molar-refractivity contribution >= 4 is 0 Å². The summed E-state index contributed by atoms with van der Waals surface area (Å²) in [6, 6.07) is 10.6. The summed E-state index contributed by atoms with van der Waals surface area (Å²) < 4.78 is 0. The monoisotopic (exact) mass is 230 g/mol. The molecule has 0 aromatic heterocycles. The Morgan fingerprint density at radius 1 is 1.41 bits per heavy atom. The highest BCUT2D eigenvalue weighted by atomic mass is 16.3. The first-order valence-electron chi connectivity index (χ1n) is 6.55. The number of aliphatic hydroxyl groups is 1. The van der Waals surface area contributed by atoms with Gasteiger partial charge in [0.05, 0.1) is 5.60 Å². The molecule has 1 aromatic rings. The first kappa shape index (κ1) is 12.4. The minimum Gasteiger partial charge on any atom is -0.389 e. The van der Waals surface area contributed by atoms with Gasteiger partial charge < -0.3 is 5.11 Å². The molecule has 1 saturated carbocycles. The van der Waals surface area contributed by atoms with Crippen LogP contribution in [0.2, 0.25) is 0 Å². The number of benzene rings is 1. The van der Waals surface area contributed by atoms with E-state index in [0.29, 0.717) is 5.92 Å². The zero-order valence-corrected chi connectivity index (χ0v) is 10.6. The largest absolute Gasteiger partial charge is 0.389 e. The molecule has 0 aliphatic heterocycles. The molecule has 0 saturated heterocycles. The number of hydrogen-bond donors (Lipinski definition) is 1. The third-order valence-electron chi connectivity index (χ3n) is 4.23. The maximum Gasteiger partial charge on any atom is 0.0713 e. The zero-order valence-electron chi connectivity index (χ0n) is 10.6. The fourth-order valence-electron chi connectivity index (χ4n) is 2.93. The van der Waals surface area contributed by atoms with Crippen LogP contribution in [0.15, 0.2) is 43.0 Å². The minimum absolute atomic E-state index is 0.175. The Kier molecular flexibility index (Phi) is 3.68. The summed E-state index contributed by atoms with van der Waals surface area (Å²) in [5.41, 5.74) is 0.808. The Morgan fingerprint density at radius 3 is 2.76 bits per heavy atom. The molecule has 0 amide bonds. The summed E-state index contributed by atoms with van der Waals surface area (Å²) in [6.07, 6.45) is 5.95. The fraction of sp³-hybridized carbons (Fsp3) is 0.500. The van der Waals surface area contributed by atoms with Crippen molar-refractivity contribution in [1.29, 1.82) is 0 Å². The molecule has 1 aromatic carbocycles. The highest BCUT2D eigenvalue weighted by molar-refractivity contribution is 5.21. The van der Waals surface area contributed by atoms with Crippen LogP contribution in [-0.4, -0.2) is 10.7 Å². The van der Waals surface area contributed by atoms with E-state index in [1.54, 1.807) is 0 Å². The van der Waals surface area contributed by atoms with E-state index in [9.17, 15) is 5.11 Å². The van der Waals surface area contributed by atoms with Crippen LogP contribution in [0.1, 0.15) is 44.1 Å². The molecule has 1 N–H and O–H groups in total. The standard InChI is InChI=1S/C16H22O/c1-3-13(2)16(17)11-7-10-15(12-16)14-8-5-4-6-9-14/h3-6,8-9,13,15,17H,1,7,10-12H2,2H3/t13?,15-,16-/m0/s1. The average Bonchev–Trinajstić information content (AvgIpc) is 2.39. The van der Waals surface area contributed by atoms with Gasteiger partial charge in [0.15, 0.2) is 0 Å². The van der Waals surface area contributed by atoms with Crippen LogP contribution < -0.4 is 0 Å². The Labute approximate surface area is 104 Å². The molecule has 1 nitrogen and oxygen atoms in total. The van der Waals surface area contributed by atoms with Gasteiger partial charge in [0, 0.05) is 5.92 Å². The highest BCUT2D eigenvalue weighted by Gasteiger charge is 2.37. The van der Waals surface area contributed by atoms with E-state index < -0.39 is 5.60 Å². The van der Waals surface area contributed by atoms with Crippen molar-refractivity contribution < 1.29 is 5.11 Å². The van der Waals surface area contributed by atoms with E-state index in [-0.39, 0.29) is 5.92 Å². The van der Waals surface area contributed by atoms with E-state index >= 15 is 0 Å². The van der Waals surface area contributed by atoms with E-state index in [0.717, 1.165) is 19.3 Å². The summed E-state index contributed by atoms with van der Waals surface area (Å²) in [5, 5.41) is 10.7. The van der Waals surface area contributed by atoms with Crippen LogP contribution in [-0.2, 0) is 0 Å². The molecule has 0 spiro atoms. The van der Waals surface area contributed by atoms with Gasteiger partial charge in [-0.2, -0.15) is 0 Å². The van der Waals surface area contributed by atoms with E-state index in [4.69, 9.17) is 0 Å². The molecule has 1 heteroatoms. The Balaban J connectivity index is 2.15. The molecule has 0 bridgehead atoms. The summed E-state index contributed by atoms with van der Waals surface area (Å²) in [5.74, 6) is 0.673. The molecule has 1 unspecified atom stereocenters. The molecule has 1 fully saturated rings. The lowest BCUT2D eigenvalue weighted by molar-refractivity contribution is -0.0339. The number of rotatable bonds is 3. The molecular weight excluding hydrogens is 208 g/mol. The van der Waals surface area contributed by atoms with Gasteiger partial charge in [0.25, 0.3) is 0 Å². The molecule has 1 aliphatic rings. The normalized spacial score (nSPS) is 30.8.